The molecule has 1 atom stereocenters. The Balaban J connectivity index is 1.64. The van der Waals surface area contributed by atoms with Gasteiger partial charge in [-0.25, -0.2) is 4.39 Å². The van der Waals surface area contributed by atoms with Gasteiger partial charge >= 0.3 is 0 Å². The van der Waals surface area contributed by atoms with Crippen molar-refractivity contribution in [3.8, 4) is 0 Å². The van der Waals surface area contributed by atoms with Crippen LogP contribution in [0.4, 0.5) is 10.1 Å². The lowest BCUT2D eigenvalue weighted by molar-refractivity contribution is -0.113. The average Bonchev–Trinajstić information content (AvgIpc) is 3.16. The number of amides is 2. The molecule has 3 aromatic rings. The number of para-hydroxylation sites is 1. The predicted molar refractivity (Wildman–Crippen MR) is 114 cm³/mol. The van der Waals surface area contributed by atoms with E-state index in [2.05, 4.69) is 20.8 Å². The zero-order valence-corrected chi connectivity index (χ0v) is 17.4. The zero-order chi connectivity index (χ0) is 21.5. The van der Waals surface area contributed by atoms with Crippen molar-refractivity contribution in [1.82, 2.24) is 20.1 Å². The average molecular weight is 428 g/mol. The van der Waals surface area contributed by atoms with Gasteiger partial charge in [-0.2, -0.15) is 0 Å². The first-order valence-corrected chi connectivity index (χ1v) is 10.4. The fourth-order valence-electron chi connectivity index (χ4n) is 2.86. The summed E-state index contributed by atoms with van der Waals surface area (Å²) >= 11 is 1.26. The van der Waals surface area contributed by atoms with E-state index in [0.717, 1.165) is 5.69 Å². The molecule has 1 heterocycles. The van der Waals surface area contributed by atoms with Gasteiger partial charge in [-0.3, -0.25) is 9.59 Å². The standard InChI is InChI=1S/C21H22FN5O2S/c1-3-27-19(14(2)23-20(29)16-11-7-8-12-17(16)22)25-26-21(27)30-13-18(28)24-15-9-5-4-6-10-15/h4-12,14H,3,13H2,1-2H3,(H,23,29)(H,24,28)/t14-/m0/s1. The fourth-order valence-corrected chi connectivity index (χ4v) is 3.67. The smallest absolute Gasteiger partial charge is 0.254 e. The van der Waals surface area contributed by atoms with Gasteiger partial charge in [0.2, 0.25) is 5.91 Å². The molecule has 2 amide bonds. The van der Waals surface area contributed by atoms with Gasteiger partial charge in [-0.1, -0.05) is 42.1 Å². The Morgan fingerprint density at radius 3 is 2.50 bits per heavy atom. The first-order chi connectivity index (χ1) is 14.5. The van der Waals surface area contributed by atoms with Crippen molar-refractivity contribution in [1.29, 1.82) is 0 Å². The third kappa shape index (κ3) is 5.24. The second-order valence-corrected chi connectivity index (χ2v) is 7.41. The topological polar surface area (TPSA) is 88.9 Å². The first-order valence-electron chi connectivity index (χ1n) is 9.45. The quantitative estimate of drug-likeness (QED) is 0.536. The number of rotatable bonds is 8. The highest BCUT2D eigenvalue weighted by Gasteiger charge is 2.21. The SMILES string of the molecule is CCn1c(SCC(=O)Nc2ccccc2)nnc1[C@H](C)NC(=O)c1ccccc1F. The third-order valence-electron chi connectivity index (χ3n) is 4.30. The van der Waals surface area contributed by atoms with Crippen molar-refractivity contribution in [2.24, 2.45) is 0 Å². The molecule has 0 aliphatic heterocycles. The van der Waals surface area contributed by atoms with Crippen LogP contribution in [-0.2, 0) is 11.3 Å². The van der Waals surface area contributed by atoms with Gasteiger partial charge in [0.15, 0.2) is 11.0 Å². The summed E-state index contributed by atoms with van der Waals surface area (Å²) in [6, 6.07) is 14.5. The van der Waals surface area contributed by atoms with E-state index in [-0.39, 0.29) is 17.2 Å². The van der Waals surface area contributed by atoms with Crippen LogP contribution in [0.15, 0.2) is 59.8 Å². The van der Waals surface area contributed by atoms with Gasteiger partial charge < -0.3 is 15.2 Å². The van der Waals surface area contributed by atoms with Gasteiger partial charge in [-0.15, -0.1) is 10.2 Å². The van der Waals surface area contributed by atoms with Crippen LogP contribution in [0.2, 0.25) is 0 Å². The summed E-state index contributed by atoms with van der Waals surface area (Å²) in [4.78, 5) is 24.6. The fraction of sp³-hybridized carbons (Fsp3) is 0.238. The van der Waals surface area contributed by atoms with E-state index in [1.165, 1.54) is 30.0 Å². The highest BCUT2D eigenvalue weighted by Crippen LogP contribution is 2.21. The maximum atomic E-state index is 13.8. The van der Waals surface area contributed by atoms with Crippen LogP contribution in [0.25, 0.3) is 0 Å². The number of nitrogens with zero attached hydrogens (tertiary/aromatic N) is 3. The van der Waals surface area contributed by atoms with Crippen LogP contribution in [0.3, 0.4) is 0 Å². The van der Waals surface area contributed by atoms with Crippen LogP contribution >= 0.6 is 11.8 Å². The van der Waals surface area contributed by atoms with Crippen LogP contribution in [0, 0.1) is 5.82 Å². The van der Waals surface area contributed by atoms with E-state index in [1.807, 2.05) is 41.8 Å². The predicted octanol–water partition coefficient (Wildman–Crippen LogP) is 3.66. The lowest BCUT2D eigenvalue weighted by Gasteiger charge is -2.15. The Morgan fingerprint density at radius 2 is 1.80 bits per heavy atom. The van der Waals surface area contributed by atoms with Crippen molar-refractivity contribution in [3.63, 3.8) is 0 Å². The van der Waals surface area contributed by atoms with Crippen LogP contribution < -0.4 is 10.6 Å². The van der Waals surface area contributed by atoms with E-state index in [0.29, 0.717) is 17.5 Å². The number of halogens is 1. The summed E-state index contributed by atoms with van der Waals surface area (Å²) in [6.45, 7) is 4.24. The normalized spacial score (nSPS) is 11.7. The van der Waals surface area contributed by atoms with Gasteiger partial charge in [-0.05, 0) is 38.1 Å². The number of thioether (sulfide) groups is 1. The highest BCUT2D eigenvalue weighted by molar-refractivity contribution is 7.99. The number of hydrogen-bond donors (Lipinski definition) is 2. The number of benzene rings is 2. The largest absolute Gasteiger partial charge is 0.342 e. The van der Waals surface area contributed by atoms with Crippen molar-refractivity contribution >= 4 is 29.3 Å². The van der Waals surface area contributed by atoms with Gasteiger partial charge in [0.25, 0.3) is 5.91 Å². The van der Waals surface area contributed by atoms with Crippen LogP contribution in [0.1, 0.15) is 36.1 Å². The summed E-state index contributed by atoms with van der Waals surface area (Å²) in [5.41, 5.74) is 0.698. The molecule has 0 radical (unpaired) electrons. The molecule has 1 aromatic heterocycles. The number of carbonyl (C=O) groups excluding carboxylic acids is 2. The molecule has 0 fully saturated rings. The summed E-state index contributed by atoms with van der Waals surface area (Å²) in [6.07, 6.45) is 0. The first kappa shape index (κ1) is 21.5. The minimum atomic E-state index is -0.583. The lowest BCUT2D eigenvalue weighted by Crippen LogP contribution is -2.29. The molecule has 0 aliphatic rings. The molecular formula is C21H22FN5O2S. The lowest BCUT2D eigenvalue weighted by atomic mass is 10.2. The Hall–Kier alpha value is -3.20. The van der Waals surface area contributed by atoms with E-state index in [4.69, 9.17) is 0 Å². The Kier molecular flexibility index (Phi) is 7.18. The number of anilines is 1. The third-order valence-corrected chi connectivity index (χ3v) is 5.27. The molecule has 30 heavy (non-hydrogen) atoms. The molecule has 0 aliphatic carbocycles. The highest BCUT2D eigenvalue weighted by atomic mass is 32.2. The second-order valence-electron chi connectivity index (χ2n) is 6.46. The second kappa shape index (κ2) is 10.0. The molecule has 3 rings (SSSR count). The minimum Gasteiger partial charge on any atom is -0.342 e. The van der Waals surface area contributed by atoms with E-state index in [1.54, 1.807) is 13.0 Å². The van der Waals surface area contributed by atoms with Gasteiger partial charge in [0, 0.05) is 12.2 Å². The maximum absolute atomic E-state index is 13.8. The van der Waals surface area contributed by atoms with Gasteiger partial charge in [0.05, 0.1) is 17.4 Å². The van der Waals surface area contributed by atoms with Gasteiger partial charge in [0.1, 0.15) is 5.82 Å². The van der Waals surface area contributed by atoms with E-state index >= 15 is 0 Å². The molecule has 9 heteroatoms. The molecule has 0 spiro atoms. The molecule has 2 aromatic carbocycles. The zero-order valence-electron chi connectivity index (χ0n) is 16.6. The van der Waals surface area contributed by atoms with Crippen molar-refractivity contribution in [3.05, 3.63) is 71.8 Å². The minimum absolute atomic E-state index is 0.0286. The molecule has 7 nitrogen and oxygen atoms in total. The Morgan fingerprint density at radius 1 is 1.10 bits per heavy atom. The number of aromatic nitrogens is 3. The Bertz CT molecular complexity index is 1030. The van der Waals surface area contributed by atoms with Crippen LogP contribution in [-0.4, -0.2) is 32.3 Å². The molecule has 156 valence electrons. The molecule has 0 saturated carbocycles. The number of nitrogens with one attached hydrogen (secondary N) is 2. The summed E-state index contributed by atoms with van der Waals surface area (Å²) in [7, 11) is 0. The summed E-state index contributed by atoms with van der Waals surface area (Å²) < 4.78 is 15.7. The van der Waals surface area contributed by atoms with E-state index in [9.17, 15) is 14.0 Å². The Labute approximate surface area is 178 Å². The number of hydrogen-bond acceptors (Lipinski definition) is 5. The molecule has 0 unspecified atom stereocenters. The monoisotopic (exact) mass is 427 g/mol. The van der Waals surface area contributed by atoms with Crippen molar-refractivity contribution in [2.45, 2.75) is 31.6 Å². The molecule has 0 bridgehead atoms. The van der Waals surface area contributed by atoms with E-state index < -0.39 is 17.8 Å². The molecule has 0 saturated heterocycles. The number of carbonyl (C=O) groups is 2. The van der Waals surface area contributed by atoms with Crippen LogP contribution in [0.5, 0.6) is 0 Å². The van der Waals surface area contributed by atoms with Crippen molar-refractivity contribution in [2.75, 3.05) is 11.1 Å². The summed E-state index contributed by atoms with van der Waals surface area (Å²) in [5.74, 6) is -0.557. The maximum Gasteiger partial charge on any atom is 0.254 e. The summed E-state index contributed by atoms with van der Waals surface area (Å²) in [5, 5.41) is 14.5. The molecular weight excluding hydrogens is 405 g/mol. The molecule has 2 N–H and O–H groups in total. The van der Waals surface area contributed by atoms with Crippen molar-refractivity contribution < 1.29 is 14.0 Å².